The number of anilines is 1. The van der Waals surface area contributed by atoms with Crippen molar-refractivity contribution in [3.05, 3.63) is 92.3 Å². The lowest BCUT2D eigenvalue weighted by molar-refractivity contribution is -0.113. The van der Waals surface area contributed by atoms with Crippen molar-refractivity contribution in [3.8, 4) is 11.5 Å². The third-order valence-electron chi connectivity index (χ3n) is 4.68. The van der Waals surface area contributed by atoms with Crippen molar-refractivity contribution >= 4 is 62.2 Å². The highest BCUT2D eigenvalue weighted by molar-refractivity contribution is 9.10. The van der Waals surface area contributed by atoms with E-state index in [1.165, 1.54) is 0 Å². The molecule has 162 valence electrons. The average molecular weight is 531 g/mol. The number of imide groups is 1. The van der Waals surface area contributed by atoms with Gasteiger partial charge in [-0.2, -0.15) is 0 Å². The van der Waals surface area contributed by atoms with Gasteiger partial charge in [0.1, 0.15) is 6.61 Å². The zero-order valence-electron chi connectivity index (χ0n) is 16.9. The molecule has 0 radical (unpaired) electrons. The highest BCUT2D eigenvalue weighted by atomic mass is 79.9. The van der Waals surface area contributed by atoms with Crippen LogP contribution in [0, 0.1) is 0 Å². The van der Waals surface area contributed by atoms with Gasteiger partial charge in [-0.05, 0) is 65.4 Å². The van der Waals surface area contributed by atoms with Crippen LogP contribution in [0.15, 0.2) is 76.1 Å². The second kappa shape index (κ2) is 9.81. The summed E-state index contributed by atoms with van der Waals surface area (Å²) in [4.78, 5) is 26.7. The maximum atomic E-state index is 12.9. The Morgan fingerprint density at radius 2 is 1.78 bits per heavy atom. The number of rotatable bonds is 6. The molecule has 1 heterocycles. The van der Waals surface area contributed by atoms with Crippen molar-refractivity contribution in [2.45, 2.75) is 6.61 Å². The molecule has 4 rings (SSSR count). The van der Waals surface area contributed by atoms with E-state index >= 15 is 0 Å². The van der Waals surface area contributed by atoms with Gasteiger partial charge in [0, 0.05) is 4.47 Å². The summed E-state index contributed by atoms with van der Waals surface area (Å²) >= 11 is 10.5. The fourth-order valence-corrected chi connectivity index (χ4v) is 4.41. The number of benzene rings is 3. The number of carbonyl (C=O) groups excluding carboxylic acids is 2. The Morgan fingerprint density at radius 3 is 2.50 bits per heavy atom. The van der Waals surface area contributed by atoms with Crippen molar-refractivity contribution in [3.63, 3.8) is 0 Å². The van der Waals surface area contributed by atoms with Gasteiger partial charge in [0.25, 0.3) is 11.1 Å². The predicted octanol–water partition coefficient (Wildman–Crippen LogP) is 6.93. The molecule has 1 aliphatic rings. The van der Waals surface area contributed by atoms with Crippen molar-refractivity contribution in [2.75, 3.05) is 12.0 Å². The van der Waals surface area contributed by atoms with Gasteiger partial charge in [-0.3, -0.25) is 9.59 Å². The summed E-state index contributed by atoms with van der Waals surface area (Å²) in [5.41, 5.74) is 2.10. The van der Waals surface area contributed by atoms with Crippen LogP contribution < -0.4 is 14.4 Å². The Balaban J connectivity index is 1.54. The standard InChI is InChI=1S/C24H17BrClNO4S/c1-30-21-12-16(8-11-20(21)31-14-15-6-9-17(25)10-7-15)13-22-23(28)27(24(29)32-22)19-5-3-2-4-18(19)26/h2-13H,14H2,1H3/b22-13-. The third-order valence-corrected chi connectivity index (χ3v) is 6.40. The van der Waals surface area contributed by atoms with E-state index < -0.39 is 11.1 Å². The van der Waals surface area contributed by atoms with Gasteiger partial charge < -0.3 is 9.47 Å². The summed E-state index contributed by atoms with van der Waals surface area (Å²) < 4.78 is 12.4. The first-order valence-electron chi connectivity index (χ1n) is 9.54. The van der Waals surface area contributed by atoms with E-state index in [4.69, 9.17) is 21.1 Å². The van der Waals surface area contributed by atoms with Crippen molar-refractivity contribution < 1.29 is 19.1 Å². The molecule has 0 aliphatic carbocycles. The van der Waals surface area contributed by atoms with E-state index in [0.717, 1.165) is 26.7 Å². The van der Waals surface area contributed by atoms with Crippen LogP contribution in [0.1, 0.15) is 11.1 Å². The summed E-state index contributed by atoms with van der Waals surface area (Å²) in [7, 11) is 1.55. The van der Waals surface area contributed by atoms with Crippen LogP contribution in [0.25, 0.3) is 6.08 Å². The lowest BCUT2D eigenvalue weighted by atomic mass is 10.1. The average Bonchev–Trinajstić information content (AvgIpc) is 3.07. The van der Waals surface area contributed by atoms with Crippen LogP contribution in [0.5, 0.6) is 11.5 Å². The number of hydrogen-bond donors (Lipinski definition) is 0. The van der Waals surface area contributed by atoms with Crippen LogP contribution >= 0.6 is 39.3 Å². The maximum Gasteiger partial charge on any atom is 0.298 e. The Bertz CT molecular complexity index is 1210. The number of para-hydroxylation sites is 1. The molecule has 2 amide bonds. The Kier molecular flexibility index (Phi) is 6.89. The Morgan fingerprint density at radius 1 is 1.03 bits per heavy atom. The molecule has 1 saturated heterocycles. The van der Waals surface area contributed by atoms with E-state index in [9.17, 15) is 9.59 Å². The highest BCUT2D eigenvalue weighted by Gasteiger charge is 2.37. The van der Waals surface area contributed by atoms with Gasteiger partial charge in [0.2, 0.25) is 0 Å². The van der Waals surface area contributed by atoms with Crippen molar-refractivity contribution in [2.24, 2.45) is 0 Å². The number of nitrogens with zero attached hydrogens (tertiary/aromatic N) is 1. The molecular weight excluding hydrogens is 514 g/mol. The molecule has 0 unspecified atom stereocenters. The summed E-state index contributed by atoms with van der Waals surface area (Å²) in [5, 5.41) is -0.0549. The Labute approximate surface area is 203 Å². The van der Waals surface area contributed by atoms with Gasteiger partial charge in [-0.25, -0.2) is 4.90 Å². The predicted molar refractivity (Wildman–Crippen MR) is 131 cm³/mol. The van der Waals surface area contributed by atoms with E-state index in [-0.39, 0.29) is 0 Å². The number of hydrogen-bond acceptors (Lipinski definition) is 5. The molecule has 0 aromatic heterocycles. The SMILES string of the molecule is COc1cc(/C=C2\SC(=O)N(c3ccccc3Cl)C2=O)ccc1OCc1ccc(Br)cc1. The van der Waals surface area contributed by atoms with E-state index in [1.807, 2.05) is 30.3 Å². The first-order chi connectivity index (χ1) is 15.5. The monoisotopic (exact) mass is 529 g/mol. The number of thioether (sulfide) groups is 1. The highest BCUT2D eigenvalue weighted by Crippen LogP contribution is 2.39. The molecule has 0 N–H and O–H groups in total. The normalized spacial score (nSPS) is 14.8. The van der Waals surface area contributed by atoms with Gasteiger partial charge in [-0.1, -0.05) is 57.9 Å². The largest absolute Gasteiger partial charge is 0.493 e. The molecule has 8 heteroatoms. The molecule has 0 spiro atoms. The van der Waals surface area contributed by atoms with Gasteiger partial charge >= 0.3 is 0 Å². The van der Waals surface area contributed by atoms with Crippen LogP contribution in [-0.4, -0.2) is 18.3 Å². The van der Waals surface area contributed by atoms with E-state index in [0.29, 0.717) is 39.3 Å². The molecule has 0 atom stereocenters. The first kappa shape index (κ1) is 22.5. The summed E-state index contributed by atoms with van der Waals surface area (Å²) in [6.45, 7) is 0.389. The van der Waals surface area contributed by atoms with Crippen LogP contribution in [0.3, 0.4) is 0 Å². The molecule has 3 aromatic carbocycles. The van der Waals surface area contributed by atoms with Gasteiger partial charge in [-0.15, -0.1) is 0 Å². The number of methoxy groups -OCH3 is 1. The minimum Gasteiger partial charge on any atom is -0.493 e. The summed E-state index contributed by atoms with van der Waals surface area (Å²) in [6, 6.07) is 20.0. The van der Waals surface area contributed by atoms with E-state index in [2.05, 4.69) is 15.9 Å². The molecule has 3 aromatic rings. The molecule has 5 nitrogen and oxygen atoms in total. The minimum atomic E-state index is -0.414. The minimum absolute atomic E-state index is 0.306. The van der Waals surface area contributed by atoms with Crippen LogP contribution in [0.2, 0.25) is 5.02 Å². The molecule has 1 aliphatic heterocycles. The first-order valence-corrected chi connectivity index (χ1v) is 11.5. The molecule has 1 fully saturated rings. The fourth-order valence-electron chi connectivity index (χ4n) is 3.09. The second-order valence-electron chi connectivity index (χ2n) is 6.79. The quantitative estimate of drug-likeness (QED) is 0.323. The molecule has 0 saturated carbocycles. The number of carbonyl (C=O) groups is 2. The van der Waals surface area contributed by atoms with Gasteiger partial charge in [0.05, 0.1) is 22.7 Å². The lowest BCUT2D eigenvalue weighted by Crippen LogP contribution is -2.27. The number of halogens is 2. The number of ether oxygens (including phenoxy) is 2. The molecule has 32 heavy (non-hydrogen) atoms. The van der Waals surface area contributed by atoms with E-state index in [1.54, 1.807) is 49.6 Å². The van der Waals surface area contributed by atoms with Crippen molar-refractivity contribution in [1.29, 1.82) is 0 Å². The topological polar surface area (TPSA) is 55.8 Å². The molecular formula is C24H17BrClNO4S. The van der Waals surface area contributed by atoms with Crippen molar-refractivity contribution in [1.82, 2.24) is 0 Å². The third kappa shape index (κ3) is 4.85. The van der Waals surface area contributed by atoms with Gasteiger partial charge in [0.15, 0.2) is 11.5 Å². The maximum absolute atomic E-state index is 12.9. The molecule has 0 bridgehead atoms. The zero-order valence-corrected chi connectivity index (χ0v) is 20.0. The second-order valence-corrected chi connectivity index (χ2v) is 9.11. The fraction of sp³-hybridized carbons (Fsp3) is 0.0833. The zero-order chi connectivity index (χ0) is 22.7. The smallest absolute Gasteiger partial charge is 0.298 e. The lowest BCUT2D eigenvalue weighted by Gasteiger charge is -2.13. The van der Waals surface area contributed by atoms with Crippen LogP contribution in [0.4, 0.5) is 10.5 Å². The summed E-state index contributed by atoms with van der Waals surface area (Å²) in [5.74, 6) is 0.695. The Hall–Kier alpha value is -2.74. The number of amides is 2. The van der Waals surface area contributed by atoms with Crippen LogP contribution in [-0.2, 0) is 11.4 Å². The summed E-state index contributed by atoms with van der Waals surface area (Å²) in [6.07, 6.45) is 1.66.